The van der Waals surface area contributed by atoms with Gasteiger partial charge in [0.2, 0.25) is 5.91 Å². The molecule has 0 aliphatic heterocycles. The van der Waals surface area contributed by atoms with E-state index in [2.05, 4.69) is 10.6 Å². The Bertz CT molecular complexity index is 709. The van der Waals surface area contributed by atoms with Crippen LogP contribution in [0.25, 0.3) is 0 Å². The summed E-state index contributed by atoms with van der Waals surface area (Å²) >= 11 is 0. The molecular weight excluding hydrogens is 388 g/mol. The number of hydrogen-bond donors (Lipinski definition) is 2. The Morgan fingerprint density at radius 1 is 1.03 bits per heavy atom. The molecule has 0 spiro atoms. The molecule has 2 N–H and O–H groups in total. The van der Waals surface area contributed by atoms with Crippen molar-refractivity contribution in [1.82, 2.24) is 10.6 Å². The molecule has 2 amide bonds. The summed E-state index contributed by atoms with van der Waals surface area (Å²) in [6.45, 7) is 10.7. The molecule has 168 valence electrons. The first kappa shape index (κ1) is 25.3. The molecule has 0 saturated carbocycles. The van der Waals surface area contributed by atoms with Crippen LogP contribution in [0, 0.1) is 5.92 Å². The van der Waals surface area contributed by atoms with E-state index in [0.29, 0.717) is 5.75 Å². The fourth-order valence-electron chi connectivity index (χ4n) is 2.64. The average molecular weight is 423 g/mol. The lowest BCUT2D eigenvalue weighted by Crippen LogP contribution is -2.54. The van der Waals surface area contributed by atoms with Crippen LogP contribution in [0.4, 0.5) is 4.79 Å². The summed E-state index contributed by atoms with van der Waals surface area (Å²) in [5.74, 6) is -0.511. The monoisotopic (exact) mass is 422 g/mol. The number of rotatable bonds is 9. The van der Waals surface area contributed by atoms with Gasteiger partial charge in [-0.25, -0.2) is 9.59 Å². The van der Waals surface area contributed by atoms with E-state index >= 15 is 0 Å². The standard InChI is InChI=1S/C22H34N2O6/c1-8-29-20(26)18(14(2)3)24-19(25)17(23-21(27)30-22(4,5)6)13-15-9-11-16(28-7)12-10-15/h9-12,14,17-18H,8,13H2,1-7H3,(H,23,27)(H,24,25)/t17-,18-/m0/s1. The highest BCUT2D eigenvalue weighted by Gasteiger charge is 2.30. The number of carbonyl (C=O) groups is 3. The van der Waals surface area contributed by atoms with Crippen molar-refractivity contribution < 1.29 is 28.6 Å². The van der Waals surface area contributed by atoms with Gasteiger partial charge in [0.15, 0.2) is 0 Å². The zero-order chi connectivity index (χ0) is 22.9. The molecule has 0 aromatic heterocycles. The molecule has 0 radical (unpaired) electrons. The third kappa shape index (κ3) is 8.71. The molecule has 30 heavy (non-hydrogen) atoms. The molecule has 0 aliphatic rings. The van der Waals surface area contributed by atoms with E-state index in [1.807, 2.05) is 13.8 Å². The normalized spacial score (nSPS) is 13.2. The summed E-state index contributed by atoms with van der Waals surface area (Å²) in [7, 11) is 1.57. The van der Waals surface area contributed by atoms with Crippen LogP contribution in [0.3, 0.4) is 0 Å². The minimum absolute atomic E-state index is 0.184. The smallest absolute Gasteiger partial charge is 0.408 e. The van der Waals surface area contributed by atoms with Crippen LogP contribution in [-0.4, -0.2) is 49.4 Å². The number of ether oxygens (including phenoxy) is 3. The topological polar surface area (TPSA) is 103 Å². The van der Waals surface area contributed by atoms with Crippen LogP contribution >= 0.6 is 0 Å². The maximum Gasteiger partial charge on any atom is 0.408 e. The average Bonchev–Trinajstić information content (AvgIpc) is 2.64. The molecule has 8 nitrogen and oxygen atoms in total. The van der Waals surface area contributed by atoms with Crippen molar-refractivity contribution in [2.45, 2.75) is 65.6 Å². The number of hydrogen-bond acceptors (Lipinski definition) is 6. The lowest BCUT2D eigenvalue weighted by Gasteiger charge is -2.26. The molecule has 0 unspecified atom stereocenters. The number of amides is 2. The summed E-state index contributed by atoms with van der Waals surface area (Å²) in [5, 5.41) is 5.31. The lowest BCUT2D eigenvalue weighted by atomic mass is 10.0. The predicted octanol–water partition coefficient (Wildman–Crippen LogP) is 2.83. The Balaban J connectivity index is 3.02. The quantitative estimate of drug-likeness (QED) is 0.593. The molecule has 1 rings (SSSR count). The maximum atomic E-state index is 13.0. The third-order valence-electron chi connectivity index (χ3n) is 4.11. The van der Waals surface area contributed by atoms with E-state index < -0.39 is 35.7 Å². The Morgan fingerprint density at radius 2 is 1.63 bits per heavy atom. The second-order valence-electron chi connectivity index (χ2n) is 8.23. The van der Waals surface area contributed by atoms with Gasteiger partial charge in [-0.1, -0.05) is 26.0 Å². The number of benzene rings is 1. The minimum Gasteiger partial charge on any atom is -0.497 e. The fraction of sp³-hybridized carbons (Fsp3) is 0.591. The van der Waals surface area contributed by atoms with Crippen molar-refractivity contribution >= 4 is 18.0 Å². The van der Waals surface area contributed by atoms with Gasteiger partial charge >= 0.3 is 12.1 Å². The van der Waals surface area contributed by atoms with Gasteiger partial charge in [0, 0.05) is 6.42 Å². The Hall–Kier alpha value is -2.77. The molecule has 0 saturated heterocycles. The Labute approximate surface area is 178 Å². The van der Waals surface area contributed by atoms with Crippen LogP contribution < -0.4 is 15.4 Å². The van der Waals surface area contributed by atoms with E-state index in [1.165, 1.54) is 0 Å². The summed E-state index contributed by atoms with van der Waals surface area (Å²) in [6, 6.07) is 5.39. The minimum atomic E-state index is -0.941. The molecule has 1 aromatic rings. The molecule has 2 atom stereocenters. The van der Waals surface area contributed by atoms with Crippen LogP contribution in [0.15, 0.2) is 24.3 Å². The molecule has 1 aromatic carbocycles. The van der Waals surface area contributed by atoms with Gasteiger partial charge in [-0.05, 0) is 51.3 Å². The van der Waals surface area contributed by atoms with E-state index in [9.17, 15) is 14.4 Å². The summed E-state index contributed by atoms with van der Waals surface area (Å²) in [5.41, 5.74) is 0.0978. The van der Waals surface area contributed by atoms with Crippen LogP contribution in [0.2, 0.25) is 0 Å². The largest absolute Gasteiger partial charge is 0.497 e. The first-order valence-corrected chi connectivity index (χ1v) is 10.1. The maximum absolute atomic E-state index is 13.0. The Morgan fingerprint density at radius 3 is 2.10 bits per heavy atom. The molecule has 0 bridgehead atoms. The van der Waals surface area contributed by atoms with Crippen molar-refractivity contribution in [3.05, 3.63) is 29.8 Å². The second kappa shape index (κ2) is 11.4. The van der Waals surface area contributed by atoms with E-state index in [4.69, 9.17) is 14.2 Å². The lowest BCUT2D eigenvalue weighted by molar-refractivity contribution is -0.148. The van der Waals surface area contributed by atoms with Gasteiger partial charge < -0.3 is 24.8 Å². The molecular formula is C22H34N2O6. The van der Waals surface area contributed by atoms with Crippen molar-refractivity contribution in [2.75, 3.05) is 13.7 Å². The van der Waals surface area contributed by atoms with Crippen LogP contribution in [-0.2, 0) is 25.5 Å². The fourth-order valence-corrected chi connectivity index (χ4v) is 2.64. The van der Waals surface area contributed by atoms with Crippen molar-refractivity contribution in [2.24, 2.45) is 5.92 Å². The van der Waals surface area contributed by atoms with Gasteiger partial charge in [0.1, 0.15) is 23.4 Å². The van der Waals surface area contributed by atoms with Crippen molar-refractivity contribution in [1.29, 1.82) is 0 Å². The summed E-state index contributed by atoms with van der Waals surface area (Å²) in [4.78, 5) is 37.5. The van der Waals surface area contributed by atoms with Gasteiger partial charge in [0.05, 0.1) is 13.7 Å². The first-order chi connectivity index (χ1) is 14.0. The zero-order valence-electron chi connectivity index (χ0n) is 18.9. The number of esters is 1. The van der Waals surface area contributed by atoms with Gasteiger partial charge in [0.25, 0.3) is 0 Å². The van der Waals surface area contributed by atoms with Gasteiger partial charge in [-0.2, -0.15) is 0 Å². The van der Waals surface area contributed by atoms with Gasteiger partial charge in [-0.15, -0.1) is 0 Å². The second-order valence-corrected chi connectivity index (χ2v) is 8.23. The van der Waals surface area contributed by atoms with Crippen molar-refractivity contribution in [3.63, 3.8) is 0 Å². The molecule has 8 heteroatoms. The van der Waals surface area contributed by atoms with Crippen molar-refractivity contribution in [3.8, 4) is 5.75 Å². The molecule has 0 aliphatic carbocycles. The number of carbonyl (C=O) groups excluding carboxylic acids is 3. The first-order valence-electron chi connectivity index (χ1n) is 10.1. The third-order valence-corrected chi connectivity index (χ3v) is 4.11. The number of nitrogens with one attached hydrogen (secondary N) is 2. The number of alkyl carbamates (subject to hydrolysis) is 1. The highest BCUT2D eigenvalue weighted by atomic mass is 16.6. The van der Waals surface area contributed by atoms with E-state index in [-0.39, 0.29) is 18.9 Å². The van der Waals surface area contributed by atoms with E-state index in [1.54, 1.807) is 59.1 Å². The molecule has 0 fully saturated rings. The number of methoxy groups -OCH3 is 1. The van der Waals surface area contributed by atoms with Gasteiger partial charge in [-0.3, -0.25) is 4.79 Å². The van der Waals surface area contributed by atoms with Crippen LogP contribution in [0.1, 0.15) is 47.1 Å². The van der Waals surface area contributed by atoms with Crippen LogP contribution in [0.5, 0.6) is 5.75 Å². The summed E-state index contributed by atoms with van der Waals surface area (Å²) < 4.78 is 15.5. The van der Waals surface area contributed by atoms with E-state index in [0.717, 1.165) is 5.56 Å². The highest BCUT2D eigenvalue weighted by molar-refractivity contribution is 5.90. The Kier molecular flexibility index (Phi) is 9.62. The summed E-state index contributed by atoms with van der Waals surface area (Å²) in [6.07, 6.45) is -0.503. The SMILES string of the molecule is CCOC(=O)[C@@H](NC(=O)[C@H](Cc1ccc(OC)cc1)NC(=O)OC(C)(C)C)C(C)C. The zero-order valence-corrected chi connectivity index (χ0v) is 18.9. The molecule has 0 heterocycles. The predicted molar refractivity (Wildman–Crippen MR) is 113 cm³/mol. The highest BCUT2D eigenvalue weighted by Crippen LogP contribution is 2.14.